The maximum absolute atomic E-state index is 8.49. The Bertz CT molecular complexity index is 342. The number of nitriles is 1. The summed E-state index contributed by atoms with van der Waals surface area (Å²) < 4.78 is 0. The van der Waals surface area contributed by atoms with Crippen LogP contribution >= 0.6 is 11.8 Å². The molecule has 0 aromatic heterocycles. The number of hydrogen-bond acceptors (Lipinski definition) is 3. The number of hydrogen-bond donors (Lipinski definition) is 1. The Morgan fingerprint density at radius 3 is 2.93 bits per heavy atom. The van der Waals surface area contributed by atoms with E-state index in [0.29, 0.717) is 11.8 Å². The highest BCUT2D eigenvalue weighted by atomic mass is 32.2. The standard InChI is InChI=1S/C12H16N2S/c1-10(2)14-9-11-4-3-5-12(8-11)15-7-6-13/h3-5,8,10,14H,7,9H2,1-2H3. The third-order valence-electron chi connectivity index (χ3n) is 1.92. The normalized spacial score (nSPS) is 10.3. The molecule has 0 atom stereocenters. The molecule has 1 N–H and O–H groups in total. The molecule has 15 heavy (non-hydrogen) atoms. The Morgan fingerprint density at radius 1 is 1.47 bits per heavy atom. The first-order chi connectivity index (χ1) is 7.22. The minimum Gasteiger partial charge on any atom is -0.310 e. The van der Waals surface area contributed by atoms with E-state index in [9.17, 15) is 0 Å². The summed E-state index contributed by atoms with van der Waals surface area (Å²) in [5.41, 5.74) is 1.27. The summed E-state index contributed by atoms with van der Waals surface area (Å²) in [5.74, 6) is 0.515. The molecule has 80 valence electrons. The van der Waals surface area contributed by atoms with E-state index in [1.807, 2.05) is 12.1 Å². The molecule has 0 fully saturated rings. The van der Waals surface area contributed by atoms with Crippen molar-refractivity contribution in [2.24, 2.45) is 0 Å². The smallest absolute Gasteiger partial charge is 0.0855 e. The first-order valence-corrected chi connectivity index (χ1v) is 6.03. The van der Waals surface area contributed by atoms with E-state index in [-0.39, 0.29) is 0 Å². The van der Waals surface area contributed by atoms with Crippen LogP contribution in [0.25, 0.3) is 0 Å². The van der Waals surface area contributed by atoms with Gasteiger partial charge in [-0.2, -0.15) is 5.26 Å². The predicted octanol–water partition coefficient (Wildman–Crippen LogP) is 2.80. The number of rotatable bonds is 5. The minimum absolute atomic E-state index is 0.500. The Labute approximate surface area is 95.7 Å². The first kappa shape index (κ1) is 12.1. The van der Waals surface area contributed by atoms with Crippen LogP contribution in [-0.2, 0) is 6.54 Å². The van der Waals surface area contributed by atoms with Crippen molar-refractivity contribution >= 4 is 11.8 Å². The van der Waals surface area contributed by atoms with Crippen LogP contribution in [0.15, 0.2) is 29.2 Å². The molecule has 2 nitrogen and oxygen atoms in total. The van der Waals surface area contributed by atoms with E-state index >= 15 is 0 Å². The van der Waals surface area contributed by atoms with Crippen molar-refractivity contribution in [2.75, 3.05) is 5.75 Å². The highest BCUT2D eigenvalue weighted by Gasteiger charge is 1.97. The molecule has 3 heteroatoms. The minimum atomic E-state index is 0.500. The maximum Gasteiger partial charge on any atom is 0.0855 e. The lowest BCUT2D eigenvalue weighted by Crippen LogP contribution is -2.21. The summed E-state index contributed by atoms with van der Waals surface area (Å²) in [6.07, 6.45) is 0. The molecule has 0 aliphatic heterocycles. The summed E-state index contributed by atoms with van der Waals surface area (Å²) in [6.45, 7) is 5.15. The van der Waals surface area contributed by atoms with Gasteiger partial charge in [-0.25, -0.2) is 0 Å². The zero-order valence-electron chi connectivity index (χ0n) is 9.16. The molecule has 1 aromatic carbocycles. The van der Waals surface area contributed by atoms with Crippen LogP contribution in [0.5, 0.6) is 0 Å². The highest BCUT2D eigenvalue weighted by Crippen LogP contribution is 2.18. The van der Waals surface area contributed by atoms with Crippen molar-refractivity contribution < 1.29 is 0 Å². The molecule has 0 bridgehead atoms. The fourth-order valence-corrected chi connectivity index (χ4v) is 1.82. The Balaban J connectivity index is 2.54. The molecule has 0 unspecified atom stereocenters. The summed E-state index contributed by atoms with van der Waals surface area (Å²) >= 11 is 1.58. The summed E-state index contributed by atoms with van der Waals surface area (Å²) in [5, 5.41) is 11.9. The molecule has 1 aromatic rings. The van der Waals surface area contributed by atoms with Gasteiger partial charge in [0.15, 0.2) is 0 Å². The van der Waals surface area contributed by atoms with Crippen LogP contribution in [0.4, 0.5) is 0 Å². The van der Waals surface area contributed by atoms with E-state index in [1.165, 1.54) is 10.5 Å². The Morgan fingerprint density at radius 2 is 2.27 bits per heavy atom. The van der Waals surface area contributed by atoms with Crippen molar-refractivity contribution in [3.05, 3.63) is 29.8 Å². The van der Waals surface area contributed by atoms with Gasteiger partial charge in [0.2, 0.25) is 0 Å². The maximum atomic E-state index is 8.49. The Hall–Kier alpha value is -0.980. The molecule has 0 aliphatic carbocycles. The van der Waals surface area contributed by atoms with Gasteiger partial charge in [0.25, 0.3) is 0 Å². The van der Waals surface area contributed by atoms with E-state index < -0.39 is 0 Å². The van der Waals surface area contributed by atoms with Crippen LogP contribution in [-0.4, -0.2) is 11.8 Å². The van der Waals surface area contributed by atoms with E-state index in [4.69, 9.17) is 5.26 Å². The summed E-state index contributed by atoms with van der Waals surface area (Å²) in [6, 6.07) is 11.0. The molecule has 1 rings (SSSR count). The van der Waals surface area contributed by atoms with Gasteiger partial charge in [0.1, 0.15) is 0 Å². The number of benzene rings is 1. The van der Waals surface area contributed by atoms with E-state index in [0.717, 1.165) is 6.54 Å². The van der Waals surface area contributed by atoms with Gasteiger partial charge in [0.05, 0.1) is 11.8 Å². The summed E-state index contributed by atoms with van der Waals surface area (Å²) in [7, 11) is 0. The second-order valence-corrected chi connectivity index (χ2v) is 4.68. The Kier molecular flexibility index (Phi) is 5.23. The zero-order chi connectivity index (χ0) is 11.1. The molecule has 0 radical (unpaired) electrons. The quantitative estimate of drug-likeness (QED) is 0.775. The van der Waals surface area contributed by atoms with Gasteiger partial charge in [0, 0.05) is 17.5 Å². The van der Waals surface area contributed by atoms with Gasteiger partial charge < -0.3 is 5.32 Å². The molecule has 0 heterocycles. The second-order valence-electron chi connectivity index (χ2n) is 3.63. The summed E-state index contributed by atoms with van der Waals surface area (Å²) in [4.78, 5) is 1.17. The first-order valence-electron chi connectivity index (χ1n) is 5.04. The number of thioether (sulfide) groups is 1. The van der Waals surface area contributed by atoms with Gasteiger partial charge in [-0.1, -0.05) is 26.0 Å². The monoisotopic (exact) mass is 220 g/mol. The van der Waals surface area contributed by atoms with Crippen LogP contribution in [0.1, 0.15) is 19.4 Å². The van der Waals surface area contributed by atoms with E-state index in [2.05, 4.69) is 37.4 Å². The van der Waals surface area contributed by atoms with Crippen LogP contribution in [0.3, 0.4) is 0 Å². The number of nitrogens with one attached hydrogen (secondary N) is 1. The van der Waals surface area contributed by atoms with Crippen molar-refractivity contribution in [3.63, 3.8) is 0 Å². The van der Waals surface area contributed by atoms with Gasteiger partial charge in [-0.3, -0.25) is 0 Å². The predicted molar refractivity (Wildman–Crippen MR) is 64.8 cm³/mol. The highest BCUT2D eigenvalue weighted by molar-refractivity contribution is 7.99. The topological polar surface area (TPSA) is 35.8 Å². The lowest BCUT2D eigenvalue weighted by Gasteiger charge is -2.08. The molecular formula is C12H16N2S. The third-order valence-corrected chi connectivity index (χ3v) is 2.78. The fraction of sp³-hybridized carbons (Fsp3) is 0.417. The lowest BCUT2D eigenvalue weighted by atomic mass is 10.2. The van der Waals surface area contributed by atoms with Crippen molar-refractivity contribution in [2.45, 2.75) is 31.3 Å². The lowest BCUT2D eigenvalue weighted by molar-refractivity contribution is 0.588. The van der Waals surface area contributed by atoms with Gasteiger partial charge >= 0.3 is 0 Å². The average molecular weight is 220 g/mol. The van der Waals surface area contributed by atoms with Crippen molar-refractivity contribution in [3.8, 4) is 6.07 Å². The molecular weight excluding hydrogens is 204 g/mol. The fourth-order valence-electron chi connectivity index (χ4n) is 1.18. The van der Waals surface area contributed by atoms with Crippen LogP contribution < -0.4 is 5.32 Å². The molecule has 0 saturated heterocycles. The number of nitrogens with zero attached hydrogens (tertiary/aromatic N) is 1. The van der Waals surface area contributed by atoms with Gasteiger partial charge in [-0.05, 0) is 17.7 Å². The van der Waals surface area contributed by atoms with Crippen molar-refractivity contribution in [1.82, 2.24) is 5.32 Å². The van der Waals surface area contributed by atoms with E-state index in [1.54, 1.807) is 11.8 Å². The average Bonchev–Trinajstić information content (AvgIpc) is 2.24. The van der Waals surface area contributed by atoms with Crippen LogP contribution in [0.2, 0.25) is 0 Å². The second kappa shape index (κ2) is 6.49. The molecule has 0 aliphatic rings. The van der Waals surface area contributed by atoms with Crippen LogP contribution in [0, 0.1) is 11.3 Å². The largest absolute Gasteiger partial charge is 0.310 e. The SMILES string of the molecule is CC(C)NCc1cccc(SCC#N)c1. The third kappa shape index (κ3) is 4.87. The van der Waals surface area contributed by atoms with Gasteiger partial charge in [-0.15, -0.1) is 11.8 Å². The molecule has 0 spiro atoms. The molecule has 0 amide bonds. The van der Waals surface area contributed by atoms with Crippen molar-refractivity contribution in [1.29, 1.82) is 5.26 Å². The zero-order valence-corrected chi connectivity index (χ0v) is 9.97. The molecule has 0 saturated carbocycles.